The highest BCUT2D eigenvalue weighted by atomic mass is 32.2. The minimum absolute atomic E-state index is 0.156. The van der Waals surface area contributed by atoms with E-state index >= 15 is 0 Å². The molecule has 0 amide bonds. The van der Waals surface area contributed by atoms with Crippen LogP contribution in [0, 0.1) is 0 Å². The smallest absolute Gasteiger partial charge is 0.214 e. The fraction of sp³-hybridized carbons (Fsp3) is 0.423. The predicted molar refractivity (Wildman–Crippen MR) is 138 cm³/mol. The van der Waals surface area contributed by atoms with Crippen LogP contribution in [0.3, 0.4) is 0 Å². The van der Waals surface area contributed by atoms with Crippen LogP contribution in [0.5, 0.6) is 5.75 Å². The van der Waals surface area contributed by atoms with Crippen LogP contribution in [-0.2, 0) is 25.6 Å². The number of aromatic nitrogens is 4. The summed E-state index contributed by atoms with van der Waals surface area (Å²) < 4.78 is 29.7. The van der Waals surface area contributed by atoms with Gasteiger partial charge in [-0.1, -0.05) is 48.2 Å². The van der Waals surface area contributed by atoms with Gasteiger partial charge in [-0.15, -0.1) is 11.7 Å². The van der Waals surface area contributed by atoms with Crippen molar-refractivity contribution in [3.05, 3.63) is 72.8 Å². The number of hydrogen-bond acceptors (Lipinski definition) is 9. The van der Waals surface area contributed by atoms with Gasteiger partial charge in [0.25, 0.3) is 0 Å². The number of benzene rings is 2. The lowest BCUT2D eigenvalue weighted by Gasteiger charge is -2.25. The van der Waals surface area contributed by atoms with E-state index in [1.807, 2.05) is 54.6 Å². The molecule has 0 aliphatic heterocycles. The van der Waals surface area contributed by atoms with Crippen LogP contribution in [0.4, 0.5) is 0 Å². The molecule has 2 atom stereocenters. The van der Waals surface area contributed by atoms with Crippen molar-refractivity contribution < 1.29 is 23.7 Å². The lowest BCUT2D eigenvalue weighted by Crippen LogP contribution is -2.31. The highest BCUT2D eigenvalue weighted by Crippen LogP contribution is 2.22. The minimum atomic E-state index is -0.294. The molecule has 0 aliphatic carbocycles. The summed E-state index contributed by atoms with van der Waals surface area (Å²) in [5.74, 6) is 1.63. The maximum absolute atomic E-state index is 6.16. The molecule has 3 aromatic rings. The van der Waals surface area contributed by atoms with E-state index in [0.717, 1.165) is 40.8 Å². The van der Waals surface area contributed by atoms with Gasteiger partial charge in [-0.25, -0.2) is 0 Å². The first-order chi connectivity index (χ1) is 17.7. The molecule has 0 bridgehead atoms. The minimum Gasteiger partial charge on any atom is -0.497 e. The number of nitrogens with zero attached hydrogens (tertiary/aromatic N) is 4. The van der Waals surface area contributed by atoms with Gasteiger partial charge in [-0.3, -0.25) is 0 Å². The van der Waals surface area contributed by atoms with Crippen molar-refractivity contribution in [1.29, 1.82) is 0 Å². The molecule has 0 radical (unpaired) electrons. The molecular formula is C26H34N4O5S. The van der Waals surface area contributed by atoms with Crippen LogP contribution in [0.25, 0.3) is 5.69 Å². The second-order valence-corrected chi connectivity index (χ2v) is 8.84. The van der Waals surface area contributed by atoms with E-state index in [1.165, 1.54) is 0 Å². The van der Waals surface area contributed by atoms with Gasteiger partial charge in [0.05, 0.1) is 38.7 Å². The third kappa shape index (κ3) is 9.03. The molecule has 2 aromatic carbocycles. The quantitative estimate of drug-likeness (QED) is 0.107. The van der Waals surface area contributed by atoms with E-state index in [-0.39, 0.29) is 19.0 Å². The fourth-order valence-electron chi connectivity index (χ4n) is 3.37. The Bertz CT molecular complexity index is 1000. The van der Waals surface area contributed by atoms with Crippen LogP contribution < -0.4 is 4.74 Å². The maximum atomic E-state index is 6.16. The molecule has 0 aliphatic rings. The summed E-state index contributed by atoms with van der Waals surface area (Å²) >= 11 is 1.60. The number of thioether (sulfide) groups is 1. The van der Waals surface area contributed by atoms with Gasteiger partial charge in [-0.05, 0) is 53.1 Å². The second kappa shape index (κ2) is 16.1. The zero-order valence-electron chi connectivity index (χ0n) is 20.8. The lowest BCUT2D eigenvalue weighted by molar-refractivity contribution is -0.135. The average molecular weight is 515 g/mol. The number of hydrogen-bond donors (Lipinski definition) is 0. The number of ether oxygens (including phenoxy) is 5. The van der Waals surface area contributed by atoms with Crippen molar-refractivity contribution in [2.24, 2.45) is 0 Å². The van der Waals surface area contributed by atoms with Crippen LogP contribution >= 0.6 is 11.8 Å². The molecular weight excluding hydrogens is 480 g/mol. The van der Waals surface area contributed by atoms with Crippen molar-refractivity contribution >= 4 is 11.8 Å². The number of methoxy groups -OCH3 is 2. The van der Waals surface area contributed by atoms with Crippen molar-refractivity contribution in [2.45, 2.75) is 36.8 Å². The van der Waals surface area contributed by atoms with Crippen LogP contribution in [0.2, 0.25) is 0 Å². The standard InChI is InChI=1S/C26H34N4O5S/c1-4-24(34-19-21-12-14-23(32-3)15-13-21)25(35-20-33-17-16-31-2)11-8-18-36-26-27-28-29-30(26)22-9-6-5-7-10-22/h4-7,9-10,12-15,24-25H,1,8,11,16-20H2,2-3H3/t24-,25-/m0/s1. The summed E-state index contributed by atoms with van der Waals surface area (Å²) in [6.45, 7) is 5.54. The Balaban J connectivity index is 1.53. The van der Waals surface area contributed by atoms with Crippen LogP contribution in [-0.4, -0.2) is 72.4 Å². The lowest BCUT2D eigenvalue weighted by atomic mass is 10.1. The predicted octanol–water partition coefficient (Wildman–Crippen LogP) is 4.32. The normalized spacial score (nSPS) is 12.8. The number of para-hydroxylation sites is 1. The van der Waals surface area contributed by atoms with E-state index in [2.05, 4.69) is 22.1 Å². The summed E-state index contributed by atoms with van der Waals surface area (Å²) in [6, 6.07) is 17.6. The van der Waals surface area contributed by atoms with Gasteiger partial charge in [0, 0.05) is 12.9 Å². The van der Waals surface area contributed by atoms with Crippen molar-refractivity contribution in [1.82, 2.24) is 20.2 Å². The molecule has 0 saturated heterocycles. The fourth-order valence-corrected chi connectivity index (χ4v) is 4.22. The first kappa shape index (κ1) is 27.8. The molecule has 0 saturated carbocycles. The first-order valence-corrected chi connectivity index (χ1v) is 12.8. The molecule has 194 valence electrons. The van der Waals surface area contributed by atoms with Crippen LogP contribution in [0.1, 0.15) is 18.4 Å². The van der Waals surface area contributed by atoms with E-state index in [1.54, 1.807) is 36.7 Å². The van der Waals surface area contributed by atoms with E-state index in [0.29, 0.717) is 19.8 Å². The number of rotatable bonds is 18. The van der Waals surface area contributed by atoms with Crippen molar-refractivity contribution in [3.63, 3.8) is 0 Å². The van der Waals surface area contributed by atoms with E-state index in [9.17, 15) is 0 Å². The number of tetrazole rings is 1. The SMILES string of the molecule is C=C[C@H](OCc1ccc(OC)cc1)[C@H](CCCSc1nnnn1-c1ccccc1)OCOCCOC. The van der Waals surface area contributed by atoms with Gasteiger partial charge >= 0.3 is 0 Å². The Morgan fingerprint density at radius 1 is 1.03 bits per heavy atom. The molecule has 0 spiro atoms. The molecule has 36 heavy (non-hydrogen) atoms. The first-order valence-electron chi connectivity index (χ1n) is 11.8. The summed E-state index contributed by atoms with van der Waals surface area (Å²) in [6.07, 6.45) is 2.90. The molecule has 3 rings (SSSR count). The van der Waals surface area contributed by atoms with Crippen molar-refractivity contribution in [3.8, 4) is 11.4 Å². The monoisotopic (exact) mass is 514 g/mol. The Morgan fingerprint density at radius 3 is 2.56 bits per heavy atom. The average Bonchev–Trinajstić information content (AvgIpc) is 3.40. The van der Waals surface area contributed by atoms with Gasteiger partial charge in [0.2, 0.25) is 5.16 Å². The Morgan fingerprint density at radius 2 is 1.83 bits per heavy atom. The topological polar surface area (TPSA) is 89.8 Å². The van der Waals surface area contributed by atoms with Gasteiger partial charge in [-0.2, -0.15) is 4.68 Å². The summed E-state index contributed by atoms with van der Waals surface area (Å²) in [5, 5.41) is 12.9. The van der Waals surface area contributed by atoms with Gasteiger partial charge in [0.1, 0.15) is 18.6 Å². The van der Waals surface area contributed by atoms with Crippen LogP contribution in [0.15, 0.2) is 72.4 Å². The molecule has 1 heterocycles. The molecule has 0 fully saturated rings. The van der Waals surface area contributed by atoms with Gasteiger partial charge < -0.3 is 23.7 Å². The summed E-state index contributed by atoms with van der Waals surface area (Å²) in [7, 11) is 3.29. The third-order valence-corrected chi connectivity index (χ3v) is 6.31. The Kier molecular flexibility index (Phi) is 12.4. The molecule has 0 N–H and O–H groups in total. The third-order valence-electron chi connectivity index (χ3n) is 5.30. The molecule has 9 nitrogen and oxygen atoms in total. The Labute approximate surface area is 216 Å². The largest absolute Gasteiger partial charge is 0.497 e. The Hall–Kier alpha value is -2.76. The maximum Gasteiger partial charge on any atom is 0.214 e. The molecule has 10 heteroatoms. The van der Waals surface area contributed by atoms with E-state index in [4.69, 9.17) is 23.7 Å². The zero-order valence-corrected chi connectivity index (χ0v) is 21.6. The second-order valence-electron chi connectivity index (χ2n) is 7.78. The molecule has 1 aromatic heterocycles. The molecule has 0 unspecified atom stereocenters. The zero-order chi connectivity index (χ0) is 25.4. The highest BCUT2D eigenvalue weighted by molar-refractivity contribution is 7.99. The van der Waals surface area contributed by atoms with Crippen molar-refractivity contribution in [2.75, 3.05) is 40.0 Å². The highest BCUT2D eigenvalue weighted by Gasteiger charge is 2.21. The summed E-state index contributed by atoms with van der Waals surface area (Å²) in [4.78, 5) is 0. The summed E-state index contributed by atoms with van der Waals surface area (Å²) in [5.41, 5.74) is 1.97. The van der Waals surface area contributed by atoms with E-state index < -0.39 is 0 Å². The van der Waals surface area contributed by atoms with Gasteiger partial charge in [0.15, 0.2) is 0 Å².